The summed E-state index contributed by atoms with van der Waals surface area (Å²) in [6, 6.07) is 13.3. The Morgan fingerprint density at radius 1 is 0.806 bits per heavy atom. The molecule has 1 aliphatic heterocycles. The number of unbranched alkanes of at least 4 members (excludes halogenated alkanes) is 1. The number of benzene rings is 2. The predicted octanol–water partition coefficient (Wildman–Crippen LogP) is 6.00. The van der Waals surface area contributed by atoms with Gasteiger partial charge in [0.1, 0.15) is 11.5 Å². The van der Waals surface area contributed by atoms with Gasteiger partial charge in [0.15, 0.2) is 0 Å². The van der Waals surface area contributed by atoms with E-state index in [4.69, 9.17) is 14.2 Å². The average Bonchev–Trinajstić information content (AvgIpc) is 3.52. The van der Waals surface area contributed by atoms with Crippen molar-refractivity contribution in [1.82, 2.24) is 0 Å². The molecule has 7 heteroatoms. The summed E-state index contributed by atoms with van der Waals surface area (Å²) >= 11 is 0. The van der Waals surface area contributed by atoms with Gasteiger partial charge >= 0.3 is 6.36 Å². The van der Waals surface area contributed by atoms with E-state index in [9.17, 15) is 13.2 Å². The van der Waals surface area contributed by atoms with Crippen LogP contribution in [-0.4, -0.2) is 38.4 Å². The summed E-state index contributed by atoms with van der Waals surface area (Å²) in [6.45, 7) is 2.20. The average molecular weight is 436 g/mol. The summed E-state index contributed by atoms with van der Waals surface area (Å²) in [5, 5.41) is 0. The van der Waals surface area contributed by atoms with Gasteiger partial charge in [0, 0.05) is 13.2 Å². The van der Waals surface area contributed by atoms with Crippen molar-refractivity contribution in [1.29, 1.82) is 0 Å². The number of epoxide rings is 1. The topological polar surface area (TPSA) is 40.2 Å². The summed E-state index contributed by atoms with van der Waals surface area (Å²) in [5.74, 6) is 1.18. The molecule has 2 aromatic rings. The second kappa shape index (κ2) is 9.92. The number of alkyl halides is 3. The van der Waals surface area contributed by atoms with Crippen molar-refractivity contribution in [3.05, 3.63) is 48.5 Å². The summed E-state index contributed by atoms with van der Waals surface area (Å²) in [6.07, 6.45) is 1.79. The molecule has 2 fully saturated rings. The third-order valence-corrected chi connectivity index (χ3v) is 5.69. The molecular formula is C24H27F3O4. The minimum absolute atomic E-state index is 0.232. The lowest BCUT2D eigenvalue weighted by Gasteiger charge is -2.18. The third-order valence-electron chi connectivity index (χ3n) is 5.69. The fraction of sp³-hybridized carbons (Fsp3) is 0.500. The first kappa shape index (κ1) is 22.0. The number of fused-ring (bicyclic) bond motifs is 1. The summed E-state index contributed by atoms with van der Waals surface area (Å²) in [7, 11) is 0. The van der Waals surface area contributed by atoms with Crippen LogP contribution in [0.15, 0.2) is 48.5 Å². The Labute approximate surface area is 180 Å². The van der Waals surface area contributed by atoms with E-state index in [1.165, 1.54) is 25.0 Å². The molecule has 2 aliphatic rings. The normalized spacial score (nSPS) is 22.6. The fourth-order valence-corrected chi connectivity index (χ4v) is 3.98. The zero-order valence-corrected chi connectivity index (χ0v) is 17.3. The summed E-state index contributed by atoms with van der Waals surface area (Å²) < 4.78 is 57.7. The Hall–Kier alpha value is -2.25. The largest absolute Gasteiger partial charge is 0.573 e. The van der Waals surface area contributed by atoms with E-state index in [1.54, 1.807) is 12.1 Å². The van der Waals surface area contributed by atoms with E-state index in [-0.39, 0.29) is 5.75 Å². The maximum absolute atomic E-state index is 12.2. The number of halogens is 3. The highest BCUT2D eigenvalue weighted by Crippen LogP contribution is 2.39. The van der Waals surface area contributed by atoms with Crippen LogP contribution in [0.4, 0.5) is 13.2 Å². The van der Waals surface area contributed by atoms with Crippen molar-refractivity contribution < 1.29 is 32.1 Å². The molecule has 0 radical (unpaired) electrons. The molecule has 3 unspecified atom stereocenters. The van der Waals surface area contributed by atoms with Crippen LogP contribution in [0.1, 0.15) is 32.1 Å². The first-order valence-corrected chi connectivity index (χ1v) is 10.8. The monoisotopic (exact) mass is 436 g/mol. The van der Waals surface area contributed by atoms with Crippen LogP contribution in [0.2, 0.25) is 0 Å². The van der Waals surface area contributed by atoms with Crippen LogP contribution >= 0.6 is 0 Å². The molecule has 0 aromatic heterocycles. The van der Waals surface area contributed by atoms with Gasteiger partial charge in [-0.05, 0) is 73.4 Å². The van der Waals surface area contributed by atoms with Crippen LogP contribution in [-0.2, 0) is 9.47 Å². The Balaban J connectivity index is 1.11. The van der Waals surface area contributed by atoms with Gasteiger partial charge in [-0.1, -0.05) is 24.3 Å². The minimum Gasteiger partial charge on any atom is -0.494 e. The van der Waals surface area contributed by atoms with Crippen LogP contribution < -0.4 is 9.47 Å². The molecule has 3 atom stereocenters. The Morgan fingerprint density at radius 3 is 2.10 bits per heavy atom. The van der Waals surface area contributed by atoms with E-state index in [1.807, 2.05) is 24.3 Å². The number of rotatable bonds is 10. The van der Waals surface area contributed by atoms with Gasteiger partial charge in [0.25, 0.3) is 0 Å². The molecule has 1 heterocycles. The lowest BCUT2D eigenvalue weighted by molar-refractivity contribution is -0.274. The van der Waals surface area contributed by atoms with E-state index in [0.29, 0.717) is 24.7 Å². The smallest absolute Gasteiger partial charge is 0.494 e. The molecule has 168 valence electrons. The molecule has 4 nitrogen and oxygen atoms in total. The fourth-order valence-electron chi connectivity index (χ4n) is 3.98. The molecule has 2 aromatic carbocycles. The second-order valence-electron chi connectivity index (χ2n) is 8.12. The van der Waals surface area contributed by atoms with Crippen LogP contribution in [0.5, 0.6) is 11.5 Å². The number of ether oxygens (including phenoxy) is 4. The van der Waals surface area contributed by atoms with Crippen molar-refractivity contribution in [2.24, 2.45) is 5.92 Å². The van der Waals surface area contributed by atoms with E-state index in [0.717, 1.165) is 49.4 Å². The van der Waals surface area contributed by atoms with Gasteiger partial charge < -0.3 is 18.9 Å². The number of hydrogen-bond donors (Lipinski definition) is 0. The Bertz CT molecular complexity index is 820. The summed E-state index contributed by atoms with van der Waals surface area (Å²) in [5.41, 5.74) is 1.70. The second-order valence-corrected chi connectivity index (χ2v) is 8.12. The van der Waals surface area contributed by atoms with Gasteiger partial charge in [-0.3, -0.25) is 0 Å². The highest BCUT2D eigenvalue weighted by molar-refractivity contribution is 5.64. The van der Waals surface area contributed by atoms with Crippen molar-refractivity contribution in [2.75, 3.05) is 19.8 Å². The third kappa shape index (κ3) is 6.87. The first-order valence-electron chi connectivity index (χ1n) is 10.8. The van der Waals surface area contributed by atoms with Crippen LogP contribution in [0.25, 0.3) is 11.1 Å². The molecule has 4 rings (SSSR count). The van der Waals surface area contributed by atoms with E-state index >= 15 is 0 Å². The highest BCUT2D eigenvalue weighted by atomic mass is 19.4. The molecule has 0 N–H and O–H groups in total. The van der Waals surface area contributed by atoms with Crippen molar-refractivity contribution in [3.63, 3.8) is 0 Å². The molecular weight excluding hydrogens is 409 g/mol. The van der Waals surface area contributed by atoms with E-state index < -0.39 is 6.36 Å². The van der Waals surface area contributed by atoms with Crippen molar-refractivity contribution >= 4 is 0 Å². The lowest BCUT2D eigenvalue weighted by atomic mass is 9.90. The van der Waals surface area contributed by atoms with Gasteiger partial charge in [-0.15, -0.1) is 13.2 Å². The van der Waals surface area contributed by atoms with Crippen LogP contribution in [0, 0.1) is 5.92 Å². The number of hydrogen-bond acceptors (Lipinski definition) is 4. The zero-order chi connectivity index (χ0) is 21.7. The Kier molecular flexibility index (Phi) is 7.02. The molecule has 0 bridgehead atoms. The minimum atomic E-state index is -4.68. The van der Waals surface area contributed by atoms with Gasteiger partial charge in [-0.2, -0.15) is 0 Å². The maximum Gasteiger partial charge on any atom is 0.573 e. The summed E-state index contributed by atoms with van der Waals surface area (Å²) in [4.78, 5) is 0. The molecule has 1 saturated heterocycles. The molecule has 0 amide bonds. The SMILES string of the molecule is FC(F)(F)Oc1ccc(-c2ccc(OCCCCOCC3CCC4OC4C3)cc2)cc1. The van der Waals surface area contributed by atoms with Gasteiger partial charge in [-0.25, -0.2) is 0 Å². The first-order chi connectivity index (χ1) is 15.0. The molecule has 1 aliphatic carbocycles. The van der Waals surface area contributed by atoms with Crippen molar-refractivity contribution in [3.8, 4) is 22.6 Å². The lowest BCUT2D eigenvalue weighted by Crippen LogP contribution is -2.18. The van der Waals surface area contributed by atoms with Crippen molar-refractivity contribution in [2.45, 2.75) is 50.7 Å². The quantitative estimate of drug-likeness (QED) is 0.339. The highest BCUT2D eigenvalue weighted by Gasteiger charge is 2.43. The van der Waals surface area contributed by atoms with Gasteiger partial charge in [0.2, 0.25) is 0 Å². The zero-order valence-electron chi connectivity index (χ0n) is 17.3. The maximum atomic E-state index is 12.2. The van der Waals surface area contributed by atoms with Crippen LogP contribution in [0.3, 0.4) is 0 Å². The van der Waals surface area contributed by atoms with E-state index in [2.05, 4.69) is 4.74 Å². The molecule has 31 heavy (non-hydrogen) atoms. The predicted molar refractivity (Wildman–Crippen MR) is 110 cm³/mol. The van der Waals surface area contributed by atoms with Gasteiger partial charge in [0.05, 0.1) is 18.8 Å². The molecule has 1 saturated carbocycles. The molecule has 0 spiro atoms. The Morgan fingerprint density at radius 2 is 1.45 bits per heavy atom. The standard InChI is InChI=1S/C24H27F3O4/c25-24(26,27)31-21-10-6-19(7-11-21)18-4-8-20(9-5-18)29-14-2-1-13-28-16-17-3-12-22-23(15-17)30-22/h4-11,17,22-23H,1-3,12-16H2.